The molecule has 0 saturated heterocycles. The lowest BCUT2D eigenvalue weighted by Crippen LogP contribution is -2.35. The number of carbonyl (C=O) groups excluding carboxylic acids is 1. The molecule has 0 aromatic heterocycles. The van der Waals surface area contributed by atoms with E-state index in [9.17, 15) is 13.6 Å². The molecule has 1 aromatic rings. The van der Waals surface area contributed by atoms with E-state index < -0.39 is 11.6 Å². The molecule has 17 heavy (non-hydrogen) atoms. The first kappa shape index (κ1) is 13.6. The van der Waals surface area contributed by atoms with Crippen LogP contribution < -0.4 is 5.32 Å². The van der Waals surface area contributed by atoms with Crippen LogP contribution in [-0.4, -0.2) is 38.0 Å². The predicted octanol–water partition coefficient (Wildman–Crippen LogP) is 1.19. The monoisotopic (exact) mass is 242 g/mol. The van der Waals surface area contributed by atoms with Crippen molar-refractivity contribution in [3.63, 3.8) is 0 Å². The Kier molecular flexibility index (Phi) is 5.03. The molecule has 0 spiro atoms. The third kappa shape index (κ3) is 4.11. The Morgan fingerprint density at radius 3 is 2.71 bits per heavy atom. The minimum Gasteiger partial charge on any atom is -0.344 e. The van der Waals surface area contributed by atoms with Crippen molar-refractivity contribution in [3.8, 4) is 0 Å². The predicted molar refractivity (Wildman–Crippen MR) is 61.6 cm³/mol. The zero-order valence-corrected chi connectivity index (χ0v) is 9.96. The van der Waals surface area contributed by atoms with E-state index in [1.165, 1.54) is 17.0 Å². The van der Waals surface area contributed by atoms with Crippen molar-refractivity contribution < 1.29 is 13.6 Å². The van der Waals surface area contributed by atoms with Gasteiger partial charge in [0.1, 0.15) is 11.6 Å². The lowest BCUT2D eigenvalue weighted by Gasteiger charge is -2.17. The minimum absolute atomic E-state index is 0.0602. The summed E-state index contributed by atoms with van der Waals surface area (Å²) in [6, 6.07) is 3.47. The number of carbonyl (C=O) groups is 1. The quantitative estimate of drug-likeness (QED) is 0.841. The maximum absolute atomic E-state index is 13.3. The number of nitrogens with zero attached hydrogens (tertiary/aromatic N) is 1. The van der Waals surface area contributed by atoms with Crippen LogP contribution in [0.3, 0.4) is 0 Å². The Morgan fingerprint density at radius 1 is 1.41 bits per heavy atom. The average molecular weight is 242 g/mol. The molecular weight excluding hydrogens is 226 g/mol. The number of hydrogen-bond donors (Lipinski definition) is 1. The fourth-order valence-corrected chi connectivity index (χ4v) is 1.42. The van der Waals surface area contributed by atoms with Crippen molar-refractivity contribution in [1.29, 1.82) is 0 Å². The molecule has 1 N–H and O–H groups in total. The lowest BCUT2D eigenvalue weighted by atomic mass is 10.1. The van der Waals surface area contributed by atoms with Gasteiger partial charge in [0.05, 0.1) is 6.54 Å². The standard InChI is InChI=1S/C12H16F2N2O/c1-15-8-12(17)16(2)6-5-9-3-4-10(13)7-11(9)14/h3-4,7,15H,5-6,8H2,1-2H3. The summed E-state index contributed by atoms with van der Waals surface area (Å²) in [7, 11) is 3.34. The normalized spacial score (nSPS) is 10.4. The van der Waals surface area contributed by atoms with Gasteiger partial charge in [0.2, 0.25) is 5.91 Å². The second-order valence-electron chi connectivity index (χ2n) is 3.83. The number of benzene rings is 1. The second-order valence-corrected chi connectivity index (χ2v) is 3.83. The number of nitrogens with one attached hydrogen (secondary N) is 1. The van der Waals surface area contributed by atoms with E-state index in [1.807, 2.05) is 0 Å². The minimum atomic E-state index is -0.592. The number of halogens is 2. The van der Waals surface area contributed by atoms with Crippen LogP contribution in [-0.2, 0) is 11.2 Å². The zero-order valence-electron chi connectivity index (χ0n) is 9.96. The van der Waals surface area contributed by atoms with Crippen LogP contribution in [0.15, 0.2) is 18.2 Å². The highest BCUT2D eigenvalue weighted by molar-refractivity contribution is 5.77. The topological polar surface area (TPSA) is 32.3 Å². The van der Waals surface area contributed by atoms with Gasteiger partial charge in [-0.2, -0.15) is 0 Å². The first-order valence-electron chi connectivity index (χ1n) is 5.37. The lowest BCUT2D eigenvalue weighted by molar-refractivity contribution is -0.128. The van der Waals surface area contributed by atoms with Gasteiger partial charge in [-0.1, -0.05) is 6.07 Å². The van der Waals surface area contributed by atoms with E-state index in [-0.39, 0.29) is 12.5 Å². The molecule has 94 valence electrons. The molecule has 0 aliphatic heterocycles. The molecule has 0 aliphatic rings. The zero-order chi connectivity index (χ0) is 12.8. The van der Waals surface area contributed by atoms with E-state index in [4.69, 9.17) is 0 Å². The van der Waals surface area contributed by atoms with Crippen molar-refractivity contribution in [2.24, 2.45) is 0 Å². The molecule has 0 fully saturated rings. The van der Waals surface area contributed by atoms with Gasteiger partial charge in [0, 0.05) is 19.7 Å². The summed E-state index contributed by atoms with van der Waals surface area (Å²) in [5.74, 6) is -1.22. The Bertz CT molecular complexity index is 396. The molecular formula is C12H16F2N2O. The summed E-state index contributed by atoms with van der Waals surface area (Å²) in [6.45, 7) is 0.658. The van der Waals surface area contributed by atoms with E-state index >= 15 is 0 Å². The Morgan fingerprint density at radius 2 is 2.12 bits per heavy atom. The van der Waals surface area contributed by atoms with Gasteiger partial charge in [-0.15, -0.1) is 0 Å². The van der Waals surface area contributed by atoms with Crippen molar-refractivity contribution in [1.82, 2.24) is 10.2 Å². The molecule has 0 bridgehead atoms. The van der Waals surface area contributed by atoms with E-state index in [0.29, 0.717) is 18.5 Å². The highest BCUT2D eigenvalue weighted by atomic mass is 19.1. The van der Waals surface area contributed by atoms with Crippen molar-refractivity contribution >= 4 is 5.91 Å². The van der Waals surface area contributed by atoms with Crippen LogP contribution in [0.4, 0.5) is 8.78 Å². The van der Waals surface area contributed by atoms with Crippen molar-refractivity contribution in [3.05, 3.63) is 35.4 Å². The van der Waals surface area contributed by atoms with Gasteiger partial charge < -0.3 is 10.2 Å². The molecule has 0 heterocycles. The van der Waals surface area contributed by atoms with Gasteiger partial charge in [0.15, 0.2) is 0 Å². The number of hydrogen-bond acceptors (Lipinski definition) is 2. The Hall–Kier alpha value is -1.49. The van der Waals surface area contributed by atoms with Crippen LogP contribution in [0.5, 0.6) is 0 Å². The van der Waals surface area contributed by atoms with E-state index in [2.05, 4.69) is 5.32 Å². The SMILES string of the molecule is CNCC(=O)N(C)CCc1ccc(F)cc1F. The molecule has 0 atom stereocenters. The summed E-state index contributed by atoms with van der Waals surface area (Å²) in [5.41, 5.74) is 0.413. The van der Waals surface area contributed by atoms with Gasteiger partial charge in [0.25, 0.3) is 0 Å². The summed E-state index contributed by atoms with van der Waals surface area (Å²) in [6.07, 6.45) is 0.373. The fourth-order valence-electron chi connectivity index (χ4n) is 1.42. The maximum atomic E-state index is 13.3. The molecule has 1 aromatic carbocycles. The Labute approximate surface area is 99.4 Å². The first-order valence-corrected chi connectivity index (χ1v) is 5.37. The van der Waals surface area contributed by atoms with Gasteiger partial charge in [-0.3, -0.25) is 4.79 Å². The summed E-state index contributed by atoms with van der Waals surface area (Å²) in [5, 5.41) is 2.75. The molecule has 1 rings (SSSR count). The molecule has 0 unspecified atom stereocenters. The van der Waals surface area contributed by atoms with Crippen LogP contribution in [0.2, 0.25) is 0 Å². The number of rotatable bonds is 5. The van der Waals surface area contributed by atoms with E-state index in [0.717, 1.165) is 6.07 Å². The smallest absolute Gasteiger partial charge is 0.236 e. The molecule has 0 radical (unpaired) electrons. The van der Waals surface area contributed by atoms with Gasteiger partial charge in [-0.05, 0) is 25.1 Å². The third-order valence-electron chi connectivity index (χ3n) is 2.49. The van der Waals surface area contributed by atoms with Crippen molar-refractivity contribution in [2.75, 3.05) is 27.2 Å². The molecule has 5 heteroatoms. The highest BCUT2D eigenvalue weighted by Gasteiger charge is 2.09. The highest BCUT2D eigenvalue weighted by Crippen LogP contribution is 2.10. The average Bonchev–Trinajstić information content (AvgIpc) is 2.27. The Balaban J connectivity index is 2.52. The van der Waals surface area contributed by atoms with Crippen LogP contribution in [0.25, 0.3) is 0 Å². The summed E-state index contributed by atoms with van der Waals surface area (Å²) >= 11 is 0. The van der Waals surface area contributed by atoms with Gasteiger partial charge >= 0.3 is 0 Å². The number of amides is 1. The van der Waals surface area contributed by atoms with E-state index in [1.54, 1.807) is 14.1 Å². The second kappa shape index (κ2) is 6.30. The fraction of sp³-hybridized carbons (Fsp3) is 0.417. The van der Waals surface area contributed by atoms with Crippen LogP contribution in [0.1, 0.15) is 5.56 Å². The van der Waals surface area contributed by atoms with Crippen LogP contribution in [0, 0.1) is 11.6 Å². The maximum Gasteiger partial charge on any atom is 0.236 e. The van der Waals surface area contributed by atoms with Gasteiger partial charge in [-0.25, -0.2) is 8.78 Å². The van der Waals surface area contributed by atoms with Crippen molar-refractivity contribution in [2.45, 2.75) is 6.42 Å². The first-order chi connectivity index (χ1) is 8.04. The molecule has 3 nitrogen and oxygen atoms in total. The summed E-state index contributed by atoms with van der Waals surface area (Å²) in [4.78, 5) is 12.9. The molecule has 0 aliphatic carbocycles. The number of likely N-dealkylation sites (N-methyl/N-ethyl adjacent to an activating group) is 2. The third-order valence-corrected chi connectivity index (χ3v) is 2.49. The summed E-state index contributed by atoms with van der Waals surface area (Å²) < 4.78 is 26.0. The molecule has 0 saturated carbocycles. The largest absolute Gasteiger partial charge is 0.344 e. The molecule has 1 amide bonds. The van der Waals surface area contributed by atoms with Crippen LogP contribution >= 0.6 is 0 Å².